The van der Waals surface area contributed by atoms with Crippen molar-refractivity contribution in [2.45, 2.75) is 0 Å². The van der Waals surface area contributed by atoms with Crippen LogP contribution in [-0.4, -0.2) is 18.4 Å². The number of hydrazone groups is 1. The van der Waals surface area contributed by atoms with Crippen molar-refractivity contribution < 1.29 is 9.13 Å². The molecule has 4 nitrogen and oxygen atoms in total. The highest BCUT2D eigenvalue weighted by molar-refractivity contribution is 7.80. The molecule has 0 spiro atoms. The third-order valence-corrected chi connectivity index (χ3v) is 2.79. The van der Waals surface area contributed by atoms with Gasteiger partial charge in [0.05, 0.1) is 13.3 Å². The molecule has 0 amide bonds. The number of anilines is 1. The highest BCUT2D eigenvalue weighted by Crippen LogP contribution is 2.10. The van der Waals surface area contributed by atoms with E-state index in [1.807, 2.05) is 24.3 Å². The molecule has 6 heteroatoms. The second-order valence-corrected chi connectivity index (χ2v) is 4.51. The van der Waals surface area contributed by atoms with E-state index in [1.165, 1.54) is 12.1 Å². The largest absolute Gasteiger partial charge is 0.497 e. The smallest absolute Gasteiger partial charge is 0.191 e. The van der Waals surface area contributed by atoms with Crippen molar-refractivity contribution in [2.24, 2.45) is 5.10 Å². The number of hydrogen-bond acceptors (Lipinski definition) is 3. The number of methoxy groups -OCH3 is 1. The lowest BCUT2D eigenvalue weighted by Gasteiger charge is -2.06. The average molecular weight is 303 g/mol. The van der Waals surface area contributed by atoms with Crippen LogP contribution < -0.4 is 15.5 Å². The monoisotopic (exact) mass is 303 g/mol. The molecule has 0 aliphatic rings. The van der Waals surface area contributed by atoms with Crippen LogP contribution in [0.25, 0.3) is 0 Å². The fourth-order valence-electron chi connectivity index (χ4n) is 1.55. The molecule has 0 radical (unpaired) electrons. The quantitative estimate of drug-likeness (QED) is 0.517. The van der Waals surface area contributed by atoms with Gasteiger partial charge in [0.2, 0.25) is 0 Å². The first kappa shape index (κ1) is 14.9. The molecular formula is C15H14FN3OS. The molecule has 21 heavy (non-hydrogen) atoms. The summed E-state index contributed by atoms with van der Waals surface area (Å²) < 4.78 is 17.8. The molecule has 0 atom stereocenters. The molecule has 0 fully saturated rings. The maximum atomic E-state index is 12.8. The summed E-state index contributed by atoms with van der Waals surface area (Å²) in [7, 11) is 1.62. The summed E-state index contributed by atoms with van der Waals surface area (Å²) in [4.78, 5) is 0. The Bertz CT molecular complexity index is 626. The molecule has 0 saturated carbocycles. The summed E-state index contributed by atoms with van der Waals surface area (Å²) in [5.41, 5.74) is 4.29. The number of thiocarbonyl (C=S) groups is 1. The highest BCUT2D eigenvalue weighted by Gasteiger charge is 1.96. The fraction of sp³-hybridized carbons (Fsp3) is 0.0667. The molecule has 108 valence electrons. The minimum atomic E-state index is -0.294. The van der Waals surface area contributed by atoms with Gasteiger partial charge in [-0.1, -0.05) is 0 Å². The van der Waals surface area contributed by atoms with Gasteiger partial charge in [0.25, 0.3) is 0 Å². The van der Waals surface area contributed by atoms with Gasteiger partial charge in [-0.25, -0.2) is 4.39 Å². The van der Waals surface area contributed by atoms with E-state index in [0.29, 0.717) is 10.8 Å². The number of ether oxygens (including phenoxy) is 1. The molecule has 0 aliphatic heterocycles. The SMILES string of the molecule is COc1ccc(/C=N\NC(=S)Nc2ccc(F)cc2)cc1. The Hall–Kier alpha value is -2.47. The van der Waals surface area contributed by atoms with Gasteiger partial charge in [-0.3, -0.25) is 5.43 Å². The Morgan fingerprint density at radius 1 is 1.14 bits per heavy atom. The van der Waals surface area contributed by atoms with Gasteiger partial charge >= 0.3 is 0 Å². The summed E-state index contributed by atoms with van der Waals surface area (Å²) in [6, 6.07) is 13.3. The van der Waals surface area contributed by atoms with Crippen LogP contribution in [-0.2, 0) is 0 Å². The fourth-order valence-corrected chi connectivity index (χ4v) is 1.72. The van der Waals surface area contributed by atoms with E-state index in [-0.39, 0.29) is 5.82 Å². The number of halogens is 1. The van der Waals surface area contributed by atoms with Crippen LogP contribution in [0.1, 0.15) is 5.56 Å². The van der Waals surface area contributed by atoms with E-state index < -0.39 is 0 Å². The first-order chi connectivity index (χ1) is 10.2. The first-order valence-electron chi connectivity index (χ1n) is 6.17. The zero-order valence-corrected chi connectivity index (χ0v) is 12.2. The number of nitrogens with zero attached hydrogens (tertiary/aromatic N) is 1. The minimum Gasteiger partial charge on any atom is -0.497 e. The molecule has 2 aromatic rings. The topological polar surface area (TPSA) is 45.6 Å². The van der Waals surface area contributed by atoms with Crippen molar-refractivity contribution in [1.82, 2.24) is 5.43 Å². The van der Waals surface area contributed by atoms with Crippen LogP contribution in [0, 0.1) is 5.82 Å². The predicted molar refractivity (Wildman–Crippen MR) is 86.3 cm³/mol. The number of nitrogens with one attached hydrogen (secondary N) is 2. The molecule has 0 saturated heterocycles. The Morgan fingerprint density at radius 3 is 2.43 bits per heavy atom. The Balaban J connectivity index is 1.85. The normalized spacial score (nSPS) is 10.4. The van der Waals surface area contributed by atoms with Crippen molar-refractivity contribution in [3.05, 3.63) is 59.9 Å². The average Bonchev–Trinajstić information content (AvgIpc) is 2.50. The lowest BCUT2D eigenvalue weighted by Crippen LogP contribution is -2.23. The van der Waals surface area contributed by atoms with E-state index in [4.69, 9.17) is 17.0 Å². The summed E-state index contributed by atoms with van der Waals surface area (Å²) >= 11 is 5.07. The molecule has 0 heterocycles. The Morgan fingerprint density at radius 2 is 1.81 bits per heavy atom. The van der Waals surface area contributed by atoms with Crippen molar-refractivity contribution in [2.75, 3.05) is 12.4 Å². The molecule has 0 bridgehead atoms. The van der Waals surface area contributed by atoms with Crippen molar-refractivity contribution in [3.63, 3.8) is 0 Å². The van der Waals surface area contributed by atoms with Gasteiger partial charge in [-0.15, -0.1) is 0 Å². The third-order valence-electron chi connectivity index (χ3n) is 2.60. The van der Waals surface area contributed by atoms with Gasteiger partial charge in [-0.05, 0) is 66.3 Å². The van der Waals surface area contributed by atoms with Crippen LogP contribution in [0.5, 0.6) is 5.75 Å². The van der Waals surface area contributed by atoms with Gasteiger partial charge in [0, 0.05) is 5.69 Å². The molecule has 0 unspecified atom stereocenters. The summed E-state index contributed by atoms with van der Waals surface area (Å²) in [5.74, 6) is 0.491. The molecule has 2 rings (SSSR count). The van der Waals surface area contributed by atoms with E-state index >= 15 is 0 Å². The lowest BCUT2D eigenvalue weighted by atomic mass is 10.2. The van der Waals surface area contributed by atoms with Crippen LogP contribution >= 0.6 is 12.2 Å². The summed E-state index contributed by atoms with van der Waals surface area (Å²) in [6.07, 6.45) is 1.64. The molecule has 0 aliphatic carbocycles. The van der Waals surface area contributed by atoms with Gasteiger partial charge in [0.15, 0.2) is 5.11 Å². The third kappa shape index (κ3) is 4.85. The van der Waals surface area contributed by atoms with E-state index in [2.05, 4.69) is 15.8 Å². The highest BCUT2D eigenvalue weighted by atomic mass is 32.1. The summed E-state index contributed by atoms with van der Waals surface area (Å²) in [5, 5.41) is 7.24. The van der Waals surface area contributed by atoms with Crippen LogP contribution in [0.2, 0.25) is 0 Å². The van der Waals surface area contributed by atoms with E-state index in [1.54, 1.807) is 25.5 Å². The molecule has 2 aromatic carbocycles. The van der Waals surface area contributed by atoms with E-state index in [9.17, 15) is 4.39 Å². The van der Waals surface area contributed by atoms with Crippen LogP contribution in [0.4, 0.5) is 10.1 Å². The van der Waals surface area contributed by atoms with Crippen molar-refractivity contribution in [3.8, 4) is 5.75 Å². The zero-order chi connectivity index (χ0) is 15.1. The predicted octanol–water partition coefficient (Wildman–Crippen LogP) is 3.15. The molecule has 2 N–H and O–H groups in total. The van der Waals surface area contributed by atoms with Gasteiger partial charge in [-0.2, -0.15) is 5.10 Å². The van der Waals surface area contributed by atoms with Crippen molar-refractivity contribution in [1.29, 1.82) is 0 Å². The van der Waals surface area contributed by atoms with E-state index in [0.717, 1.165) is 11.3 Å². The van der Waals surface area contributed by atoms with Gasteiger partial charge < -0.3 is 10.1 Å². The lowest BCUT2D eigenvalue weighted by molar-refractivity contribution is 0.415. The standard InChI is InChI=1S/C15H14FN3OS/c1-20-14-8-2-11(3-9-14)10-17-19-15(21)18-13-6-4-12(16)5-7-13/h2-10H,1H3,(H2,18,19,21)/b17-10-. The molecular weight excluding hydrogens is 289 g/mol. The van der Waals surface area contributed by atoms with Crippen molar-refractivity contribution >= 4 is 29.2 Å². The maximum absolute atomic E-state index is 12.8. The molecule has 0 aromatic heterocycles. The van der Waals surface area contributed by atoms with Crippen LogP contribution in [0.3, 0.4) is 0 Å². The van der Waals surface area contributed by atoms with Crippen LogP contribution in [0.15, 0.2) is 53.6 Å². The summed E-state index contributed by atoms with van der Waals surface area (Å²) in [6.45, 7) is 0. The Labute approximate surface area is 127 Å². The number of rotatable bonds is 4. The second kappa shape index (κ2) is 7.35. The maximum Gasteiger partial charge on any atom is 0.191 e. The van der Waals surface area contributed by atoms with Gasteiger partial charge in [0.1, 0.15) is 11.6 Å². The second-order valence-electron chi connectivity index (χ2n) is 4.10. The number of benzene rings is 2. The Kier molecular flexibility index (Phi) is 5.22. The number of hydrogen-bond donors (Lipinski definition) is 2. The first-order valence-corrected chi connectivity index (χ1v) is 6.58. The minimum absolute atomic E-state index is 0.294. The zero-order valence-electron chi connectivity index (χ0n) is 11.3.